The minimum atomic E-state index is 0.000834. The second-order valence-electron chi connectivity index (χ2n) is 3.62. The van der Waals surface area contributed by atoms with Gasteiger partial charge in [-0.05, 0) is 37.1 Å². The van der Waals surface area contributed by atoms with Gasteiger partial charge in [0.15, 0.2) is 11.5 Å². The molecule has 0 aliphatic rings. The van der Waals surface area contributed by atoms with Crippen LogP contribution in [0.15, 0.2) is 30.4 Å². The number of rotatable bonds is 6. The van der Waals surface area contributed by atoms with Crippen molar-refractivity contribution in [2.45, 2.75) is 20.5 Å². The molecule has 0 unspecified atom stereocenters. The lowest BCUT2D eigenvalue weighted by Crippen LogP contribution is -2.02. The van der Waals surface area contributed by atoms with Gasteiger partial charge in [0.1, 0.15) is 6.61 Å². The summed E-state index contributed by atoms with van der Waals surface area (Å²) in [5.74, 6) is 1.34. The molecule has 88 valence electrons. The topological polar surface area (TPSA) is 38.7 Å². The molecule has 1 aromatic carbocycles. The number of aliphatic hydroxyl groups excluding tert-OH is 1. The summed E-state index contributed by atoms with van der Waals surface area (Å²) in [6.45, 7) is 8.63. The zero-order valence-electron chi connectivity index (χ0n) is 9.82. The minimum Gasteiger partial charge on any atom is -0.490 e. The predicted molar refractivity (Wildman–Crippen MR) is 63.8 cm³/mol. The van der Waals surface area contributed by atoms with Gasteiger partial charge in [-0.1, -0.05) is 12.6 Å². The van der Waals surface area contributed by atoms with E-state index < -0.39 is 0 Å². The summed E-state index contributed by atoms with van der Waals surface area (Å²) >= 11 is 0. The molecule has 0 aromatic heterocycles. The Morgan fingerprint density at radius 1 is 1.31 bits per heavy atom. The van der Waals surface area contributed by atoms with Gasteiger partial charge in [-0.2, -0.15) is 0 Å². The number of hydrogen-bond acceptors (Lipinski definition) is 3. The Kier molecular flexibility index (Phi) is 4.86. The lowest BCUT2D eigenvalue weighted by molar-refractivity contribution is 0.275. The van der Waals surface area contributed by atoms with Crippen molar-refractivity contribution in [3.05, 3.63) is 35.9 Å². The summed E-state index contributed by atoms with van der Waals surface area (Å²) in [6, 6.07) is 5.41. The maximum Gasteiger partial charge on any atom is 0.161 e. The highest BCUT2D eigenvalue weighted by molar-refractivity contribution is 5.43. The first-order chi connectivity index (χ1) is 7.67. The van der Waals surface area contributed by atoms with Crippen molar-refractivity contribution in [3.63, 3.8) is 0 Å². The third-order valence-electron chi connectivity index (χ3n) is 1.96. The summed E-state index contributed by atoms with van der Waals surface area (Å²) in [5, 5.41) is 9.03. The second-order valence-corrected chi connectivity index (χ2v) is 3.62. The average Bonchev–Trinajstić information content (AvgIpc) is 2.27. The van der Waals surface area contributed by atoms with Crippen LogP contribution < -0.4 is 9.47 Å². The van der Waals surface area contributed by atoms with Gasteiger partial charge in [-0.3, -0.25) is 0 Å². The fourth-order valence-electron chi connectivity index (χ4n) is 1.24. The van der Waals surface area contributed by atoms with Gasteiger partial charge in [-0.25, -0.2) is 0 Å². The van der Waals surface area contributed by atoms with Gasteiger partial charge in [0, 0.05) is 0 Å². The van der Waals surface area contributed by atoms with Gasteiger partial charge in [0.2, 0.25) is 0 Å². The summed E-state index contributed by atoms with van der Waals surface area (Å²) < 4.78 is 11.0. The van der Waals surface area contributed by atoms with Crippen LogP contribution in [0.5, 0.6) is 11.5 Å². The van der Waals surface area contributed by atoms with E-state index in [1.807, 2.05) is 19.9 Å². The molecule has 0 bridgehead atoms. The van der Waals surface area contributed by atoms with Crippen LogP contribution in [-0.4, -0.2) is 18.3 Å². The minimum absolute atomic E-state index is 0.000834. The molecule has 0 saturated heterocycles. The lowest BCUT2D eigenvalue weighted by Gasteiger charge is -2.12. The van der Waals surface area contributed by atoms with Crippen LogP contribution in [0.2, 0.25) is 0 Å². The van der Waals surface area contributed by atoms with E-state index in [0.717, 1.165) is 11.1 Å². The quantitative estimate of drug-likeness (QED) is 0.752. The molecule has 3 heteroatoms. The molecule has 1 N–H and O–H groups in total. The maximum absolute atomic E-state index is 9.03. The summed E-state index contributed by atoms with van der Waals surface area (Å²) in [7, 11) is 0. The van der Waals surface area contributed by atoms with E-state index in [9.17, 15) is 0 Å². The van der Waals surface area contributed by atoms with Crippen molar-refractivity contribution in [1.82, 2.24) is 0 Å². The predicted octanol–water partition coefficient (Wildman–Crippen LogP) is 2.53. The molecule has 16 heavy (non-hydrogen) atoms. The number of aliphatic hydroxyl groups is 1. The molecule has 0 atom stereocenters. The van der Waals surface area contributed by atoms with E-state index >= 15 is 0 Å². The summed E-state index contributed by atoms with van der Waals surface area (Å²) in [6.07, 6.45) is 0. The molecule has 0 saturated carbocycles. The molecule has 0 radical (unpaired) electrons. The number of ether oxygens (including phenoxy) is 2. The molecule has 1 rings (SSSR count). The third-order valence-corrected chi connectivity index (χ3v) is 1.96. The van der Waals surface area contributed by atoms with E-state index in [1.165, 1.54) is 0 Å². The van der Waals surface area contributed by atoms with Crippen molar-refractivity contribution in [2.75, 3.05) is 13.2 Å². The van der Waals surface area contributed by atoms with Gasteiger partial charge in [0.25, 0.3) is 0 Å². The Morgan fingerprint density at radius 3 is 2.62 bits per heavy atom. The van der Waals surface area contributed by atoms with Crippen LogP contribution >= 0.6 is 0 Å². The van der Waals surface area contributed by atoms with Gasteiger partial charge < -0.3 is 14.6 Å². The van der Waals surface area contributed by atoms with E-state index in [1.54, 1.807) is 12.1 Å². The Labute approximate surface area is 96.3 Å². The Balaban J connectivity index is 2.84. The largest absolute Gasteiger partial charge is 0.490 e. The van der Waals surface area contributed by atoms with E-state index in [4.69, 9.17) is 14.6 Å². The zero-order chi connectivity index (χ0) is 12.0. The van der Waals surface area contributed by atoms with Crippen LogP contribution in [-0.2, 0) is 6.61 Å². The Morgan fingerprint density at radius 2 is 2.06 bits per heavy atom. The molecule has 0 fully saturated rings. The van der Waals surface area contributed by atoms with Gasteiger partial charge >= 0.3 is 0 Å². The number of hydrogen-bond donors (Lipinski definition) is 1. The molecular weight excluding hydrogens is 204 g/mol. The fourth-order valence-corrected chi connectivity index (χ4v) is 1.24. The Hall–Kier alpha value is -1.48. The van der Waals surface area contributed by atoms with Crippen LogP contribution in [0.4, 0.5) is 0 Å². The Bertz CT molecular complexity index is 358. The van der Waals surface area contributed by atoms with Crippen LogP contribution in [0.25, 0.3) is 0 Å². The van der Waals surface area contributed by atoms with Crippen molar-refractivity contribution >= 4 is 0 Å². The van der Waals surface area contributed by atoms with Crippen molar-refractivity contribution in [3.8, 4) is 11.5 Å². The fraction of sp³-hybridized carbons (Fsp3) is 0.385. The smallest absolute Gasteiger partial charge is 0.161 e. The maximum atomic E-state index is 9.03. The summed E-state index contributed by atoms with van der Waals surface area (Å²) in [5.41, 5.74) is 1.76. The first-order valence-corrected chi connectivity index (χ1v) is 5.31. The van der Waals surface area contributed by atoms with Crippen molar-refractivity contribution < 1.29 is 14.6 Å². The molecule has 1 aromatic rings. The highest BCUT2D eigenvalue weighted by atomic mass is 16.5. The molecule has 0 amide bonds. The monoisotopic (exact) mass is 222 g/mol. The zero-order valence-corrected chi connectivity index (χ0v) is 9.82. The molecule has 0 heterocycles. The summed E-state index contributed by atoms with van der Waals surface area (Å²) in [4.78, 5) is 0. The molecule has 0 spiro atoms. The first kappa shape index (κ1) is 12.6. The third kappa shape index (κ3) is 3.59. The highest BCUT2D eigenvalue weighted by Crippen LogP contribution is 2.28. The van der Waals surface area contributed by atoms with Crippen molar-refractivity contribution in [1.29, 1.82) is 0 Å². The molecule has 0 aliphatic carbocycles. The van der Waals surface area contributed by atoms with E-state index in [0.29, 0.717) is 24.7 Å². The highest BCUT2D eigenvalue weighted by Gasteiger charge is 2.06. The van der Waals surface area contributed by atoms with E-state index in [2.05, 4.69) is 6.58 Å². The lowest BCUT2D eigenvalue weighted by atomic mass is 10.2. The van der Waals surface area contributed by atoms with Gasteiger partial charge in [-0.15, -0.1) is 0 Å². The molecule has 0 aliphatic heterocycles. The SMILES string of the molecule is C=C(C)COc1ccc(CO)cc1OCC. The van der Waals surface area contributed by atoms with Crippen LogP contribution in [0.1, 0.15) is 19.4 Å². The normalized spacial score (nSPS) is 9.94. The molecular formula is C13H18O3. The van der Waals surface area contributed by atoms with Crippen LogP contribution in [0, 0.1) is 0 Å². The standard InChI is InChI=1S/C13H18O3/c1-4-15-13-7-11(8-14)5-6-12(13)16-9-10(2)3/h5-7,14H,2,4,8-9H2,1,3H3. The second kappa shape index (κ2) is 6.18. The van der Waals surface area contributed by atoms with E-state index in [-0.39, 0.29) is 6.61 Å². The molecule has 3 nitrogen and oxygen atoms in total. The van der Waals surface area contributed by atoms with Gasteiger partial charge in [0.05, 0.1) is 13.2 Å². The first-order valence-electron chi connectivity index (χ1n) is 5.31. The van der Waals surface area contributed by atoms with Crippen molar-refractivity contribution in [2.24, 2.45) is 0 Å². The average molecular weight is 222 g/mol. The number of benzene rings is 1. The van der Waals surface area contributed by atoms with Crippen LogP contribution in [0.3, 0.4) is 0 Å².